The SMILES string of the molecule is Cl.O=Cc1cc(Cl)ccc1OCCCN1CCOCC1. The second kappa shape index (κ2) is 9.19. The highest BCUT2D eigenvalue weighted by Crippen LogP contribution is 2.21. The zero-order chi connectivity index (χ0) is 13.5. The molecule has 0 N–H and O–H groups in total. The maximum absolute atomic E-state index is 10.9. The van der Waals surface area contributed by atoms with Crippen LogP contribution in [0.15, 0.2) is 18.2 Å². The van der Waals surface area contributed by atoms with Crippen LogP contribution in [0.4, 0.5) is 0 Å². The number of nitrogens with zero attached hydrogens (tertiary/aromatic N) is 1. The van der Waals surface area contributed by atoms with E-state index in [1.165, 1.54) is 0 Å². The monoisotopic (exact) mass is 319 g/mol. The Morgan fingerprint density at radius 3 is 2.80 bits per heavy atom. The molecular formula is C14H19Cl2NO3. The summed E-state index contributed by atoms with van der Waals surface area (Å²) in [5.74, 6) is 0.598. The van der Waals surface area contributed by atoms with E-state index in [1.807, 2.05) is 0 Å². The molecule has 0 amide bonds. The maximum atomic E-state index is 10.9. The second-order valence-corrected chi connectivity index (χ2v) is 4.89. The first-order valence-electron chi connectivity index (χ1n) is 6.47. The highest BCUT2D eigenvalue weighted by Gasteiger charge is 2.09. The summed E-state index contributed by atoms with van der Waals surface area (Å²) < 4.78 is 10.9. The lowest BCUT2D eigenvalue weighted by Crippen LogP contribution is -2.37. The first kappa shape index (κ1) is 17.2. The van der Waals surface area contributed by atoms with E-state index in [0.29, 0.717) is 22.9 Å². The minimum Gasteiger partial charge on any atom is -0.493 e. The summed E-state index contributed by atoms with van der Waals surface area (Å²) in [4.78, 5) is 13.3. The molecule has 0 saturated carbocycles. The van der Waals surface area contributed by atoms with E-state index in [4.69, 9.17) is 21.1 Å². The van der Waals surface area contributed by atoms with Gasteiger partial charge in [0.1, 0.15) is 5.75 Å². The summed E-state index contributed by atoms with van der Waals surface area (Å²) in [5, 5.41) is 0.544. The van der Waals surface area contributed by atoms with E-state index in [0.717, 1.165) is 45.6 Å². The largest absolute Gasteiger partial charge is 0.493 e. The Morgan fingerprint density at radius 1 is 1.35 bits per heavy atom. The molecule has 0 bridgehead atoms. The van der Waals surface area contributed by atoms with Crippen molar-refractivity contribution in [3.63, 3.8) is 0 Å². The van der Waals surface area contributed by atoms with Crippen LogP contribution in [0, 0.1) is 0 Å². The average molecular weight is 320 g/mol. The summed E-state index contributed by atoms with van der Waals surface area (Å²) in [5.41, 5.74) is 0.499. The van der Waals surface area contributed by atoms with Gasteiger partial charge in [0.2, 0.25) is 0 Å². The molecule has 20 heavy (non-hydrogen) atoms. The second-order valence-electron chi connectivity index (χ2n) is 4.46. The summed E-state index contributed by atoms with van der Waals surface area (Å²) in [6.45, 7) is 5.19. The van der Waals surface area contributed by atoms with Crippen LogP contribution in [0.5, 0.6) is 5.75 Å². The molecule has 1 aliphatic rings. The van der Waals surface area contributed by atoms with E-state index in [2.05, 4.69) is 4.90 Å². The highest BCUT2D eigenvalue weighted by atomic mass is 35.5. The minimum absolute atomic E-state index is 0. The third-order valence-corrected chi connectivity index (χ3v) is 3.31. The predicted molar refractivity (Wildman–Crippen MR) is 81.5 cm³/mol. The number of rotatable bonds is 6. The van der Waals surface area contributed by atoms with Gasteiger partial charge in [-0.2, -0.15) is 0 Å². The van der Waals surface area contributed by atoms with Crippen LogP contribution in [0.1, 0.15) is 16.8 Å². The molecule has 6 heteroatoms. The van der Waals surface area contributed by atoms with E-state index >= 15 is 0 Å². The molecular weight excluding hydrogens is 301 g/mol. The topological polar surface area (TPSA) is 38.8 Å². The molecule has 0 unspecified atom stereocenters. The van der Waals surface area contributed by atoms with Crippen molar-refractivity contribution in [3.8, 4) is 5.75 Å². The molecule has 0 spiro atoms. The minimum atomic E-state index is 0. The molecule has 1 heterocycles. The van der Waals surface area contributed by atoms with Crippen molar-refractivity contribution in [3.05, 3.63) is 28.8 Å². The van der Waals surface area contributed by atoms with Gasteiger partial charge < -0.3 is 9.47 Å². The fraction of sp³-hybridized carbons (Fsp3) is 0.500. The molecule has 1 fully saturated rings. The van der Waals surface area contributed by atoms with Crippen molar-refractivity contribution in [2.24, 2.45) is 0 Å². The number of carbonyl (C=O) groups excluding carboxylic acids is 1. The number of benzene rings is 1. The first-order valence-corrected chi connectivity index (χ1v) is 6.85. The van der Waals surface area contributed by atoms with Crippen molar-refractivity contribution < 1.29 is 14.3 Å². The lowest BCUT2D eigenvalue weighted by Gasteiger charge is -2.26. The molecule has 4 nitrogen and oxygen atoms in total. The molecule has 0 aromatic heterocycles. The van der Waals surface area contributed by atoms with E-state index < -0.39 is 0 Å². The quantitative estimate of drug-likeness (QED) is 0.597. The third kappa shape index (κ3) is 5.29. The van der Waals surface area contributed by atoms with Gasteiger partial charge in [-0.05, 0) is 24.6 Å². The van der Waals surface area contributed by atoms with Gasteiger partial charge in [0.25, 0.3) is 0 Å². The Bertz CT molecular complexity index is 423. The van der Waals surface area contributed by atoms with Crippen molar-refractivity contribution in [1.29, 1.82) is 0 Å². The predicted octanol–water partition coefficient (Wildman–Crippen LogP) is 2.68. The number of halogens is 2. The number of carbonyl (C=O) groups is 1. The van der Waals surface area contributed by atoms with Gasteiger partial charge in [-0.15, -0.1) is 12.4 Å². The van der Waals surface area contributed by atoms with Gasteiger partial charge in [-0.1, -0.05) is 11.6 Å². The maximum Gasteiger partial charge on any atom is 0.153 e. The highest BCUT2D eigenvalue weighted by molar-refractivity contribution is 6.30. The number of hydrogen-bond donors (Lipinski definition) is 0. The van der Waals surface area contributed by atoms with E-state index in [9.17, 15) is 4.79 Å². The van der Waals surface area contributed by atoms with Crippen LogP contribution in [0.25, 0.3) is 0 Å². The van der Waals surface area contributed by atoms with Crippen molar-refractivity contribution in [1.82, 2.24) is 4.90 Å². The van der Waals surface area contributed by atoms with Crippen molar-refractivity contribution in [2.75, 3.05) is 39.5 Å². The molecule has 1 aliphatic heterocycles. The van der Waals surface area contributed by atoms with Gasteiger partial charge in [0.05, 0.1) is 25.4 Å². The third-order valence-electron chi connectivity index (χ3n) is 3.08. The van der Waals surface area contributed by atoms with Gasteiger partial charge >= 0.3 is 0 Å². The normalized spacial score (nSPS) is 15.4. The Kier molecular flexibility index (Phi) is 7.92. The summed E-state index contributed by atoms with van der Waals surface area (Å²) in [6, 6.07) is 5.08. The summed E-state index contributed by atoms with van der Waals surface area (Å²) in [6.07, 6.45) is 1.70. The zero-order valence-electron chi connectivity index (χ0n) is 11.2. The molecule has 1 aromatic carbocycles. The van der Waals surface area contributed by atoms with E-state index in [-0.39, 0.29) is 12.4 Å². The Morgan fingerprint density at radius 2 is 2.10 bits per heavy atom. The van der Waals surface area contributed by atoms with Crippen LogP contribution in [0.2, 0.25) is 5.02 Å². The summed E-state index contributed by atoms with van der Waals surface area (Å²) in [7, 11) is 0. The van der Waals surface area contributed by atoms with Crippen molar-refractivity contribution >= 4 is 30.3 Å². The number of hydrogen-bond acceptors (Lipinski definition) is 4. The molecule has 0 radical (unpaired) electrons. The standard InChI is InChI=1S/C14H18ClNO3.ClH/c15-13-2-3-14(12(10-13)11-17)19-7-1-4-16-5-8-18-9-6-16;/h2-3,10-11H,1,4-9H2;1H. The number of aldehydes is 1. The van der Waals surface area contributed by atoms with Crippen LogP contribution in [0.3, 0.4) is 0 Å². The van der Waals surface area contributed by atoms with Gasteiger partial charge in [0.15, 0.2) is 6.29 Å². The lowest BCUT2D eigenvalue weighted by molar-refractivity contribution is 0.0358. The number of ether oxygens (including phenoxy) is 2. The van der Waals surface area contributed by atoms with E-state index in [1.54, 1.807) is 18.2 Å². The van der Waals surface area contributed by atoms with Crippen LogP contribution in [-0.4, -0.2) is 50.6 Å². The van der Waals surface area contributed by atoms with Crippen LogP contribution >= 0.6 is 24.0 Å². The fourth-order valence-corrected chi connectivity index (χ4v) is 2.22. The van der Waals surface area contributed by atoms with Gasteiger partial charge in [0, 0.05) is 24.7 Å². The molecule has 2 rings (SSSR count). The number of morpholine rings is 1. The molecule has 0 atom stereocenters. The Labute approximate surface area is 130 Å². The van der Waals surface area contributed by atoms with Gasteiger partial charge in [-0.3, -0.25) is 9.69 Å². The molecule has 0 aliphatic carbocycles. The van der Waals surface area contributed by atoms with Crippen LogP contribution in [-0.2, 0) is 4.74 Å². The Hall–Kier alpha value is -0.810. The average Bonchev–Trinajstić information content (AvgIpc) is 2.46. The summed E-state index contributed by atoms with van der Waals surface area (Å²) >= 11 is 5.83. The smallest absolute Gasteiger partial charge is 0.153 e. The Balaban J connectivity index is 0.00000200. The lowest BCUT2D eigenvalue weighted by atomic mass is 10.2. The molecule has 1 saturated heterocycles. The van der Waals surface area contributed by atoms with Gasteiger partial charge in [-0.25, -0.2) is 0 Å². The fourth-order valence-electron chi connectivity index (χ4n) is 2.04. The van der Waals surface area contributed by atoms with Crippen molar-refractivity contribution in [2.45, 2.75) is 6.42 Å². The molecule has 1 aromatic rings. The molecule has 112 valence electrons. The van der Waals surface area contributed by atoms with Crippen LogP contribution < -0.4 is 4.74 Å². The zero-order valence-corrected chi connectivity index (χ0v) is 12.8. The first-order chi connectivity index (χ1) is 9.29.